The number of hydrogen-bond acceptors (Lipinski definition) is 4. The van der Waals surface area contributed by atoms with Gasteiger partial charge in [0.1, 0.15) is 0 Å². The Morgan fingerprint density at radius 3 is 2.39 bits per heavy atom. The number of amides is 2. The standard InChI is InChI=1S/C14H18ClN3O4S/c1-10(19)16-17-14(20)12-9-11(5-6-13(12)15)23(21,22)18-7-3-2-4-8-18/h5-6,9H,2-4,7-8H2,1H3,(H,16,19)(H,17,20). The van der Waals surface area contributed by atoms with Crippen LogP contribution in [0, 0.1) is 0 Å². The lowest BCUT2D eigenvalue weighted by molar-refractivity contribution is -0.119. The third kappa shape index (κ3) is 4.21. The molecule has 1 heterocycles. The molecule has 1 aromatic carbocycles. The highest BCUT2D eigenvalue weighted by Gasteiger charge is 2.27. The molecule has 0 radical (unpaired) electrons. The van der Waals surface area contributed by atoms with E-state index >= 15 is 0 Å². The lowest BCUT2D eigenvalue weighted by Gasteiger charge is -2.26. The van der Waals surface area contributed by atoms with E-state index in [1.807, 2.05) is 0 Å². The molecule has 0 aromatic heterocycles. The first-order valence-electron chi connectivity index (χ1n) is 7.19. The summed E-state index contributed by atoms with van der Waals surface area (Å²) in [5, 5.41) is 0.102. The van der Waals surface area contributed by atoms with Gasteiger partial charge in [-0.1, -0.05) is 18.0 Å². The Kier molecular flexibility index (Phi) is 5.61. The summed E-state index contributed by atoms with van der Waals surface area (Å²) in [5.41, 5.74) is 4.29. The van der Waals surface area contributed by atoms with Crippen LogP contribution < -0.4 is 10.9 Å². The minimum atomic E-state index is -3.66. The maximum absolute atomic E-state index is 12.6. The smallest absolute Gasteiger partial charge is 0.271 e. The molecule has 0 saturated carbocycles. The van der Waals surface area contributed by atoms with Crippen molar-refractivity contribution in [2.75, 3.05) is 13.1 Å². The number of carbonyl (C=O) groups is 2. The van der Waals surface area contributed by atoms with E-state index in [4.69, 9.17) is 11.6 Å². The van der Waals surface area contributed by atoms with Crippen molar-refractivity contribution in [3.8, 4) is 0 Å². The Hall–Kier alpha value is -1.64. The Morgan fingerprint density at radius 1 is 1.13 bits per heavy atom. The highest BCUT2D eigenvalue weighted by atomic mass is 35.5. The zero-order chi connectivity index (χ0) is 17.0. The lowest BCUT2D eigenvalue weighted by Crippen LogP contribution is -2.40. The highest BCUT2D eigenvalue weighted by molar-refractivity contribution is 7.89. The normalized spacial score (nSPS) is 15.9. The van der Waals surface area contributed by atoms with Gasteiger partial charge in [-0.05, 0) is 31.0 Å². The second-order valence-electron chi connectivity index (χ2n) is 5.24. The molecule has 1 aliphatic heterocycles. The van der Waals surface area contributed by atoms with Crippen molar-refractivity contribution in [3.05, 3.63) is 28.8 Å². The molecular weight excluding hydrogens is 342 g/mol. The van der Waals surface area contributed by atoms with Crippen molar-refractivity contribution in [2.45, 2.75) is 31.1 Å². The van der Waals surface area contributed by atoms with Crippen LogP contribution in [0.25, 0.3) is 0 Å². The largest absolute Gasteiger partial charge is 0.274 e. The van der Waals surface area contributed by atoms with Crippen LogP contribution in [0.5, 0.6) is 0 Å². The molecule has 126 valence electrons. The molecule has 1 saturated heterocycles. The molecule has 0 unspecified atom stereocenters. The van der Waals surface area contributed by atoms with Gasteiger partial charge in [-0.25, -0.2) is 8.42 Å². The first-order chi connectivity index (χ1) is 10.8. The van der Waals surface area contributed by atoms with Gasteiger partial charge in [-0.15, -0.1) is 0 Å². The van der Waals surface area contributed by atoms with Crippen LogP contribution in [0.3, 0.4) is 0 Å². The molecule has 0 aliphatic carbocycles. The molecule has 0 atom stereocenters. The average Bonchev–Trinajstić information content (AvgIpc) is 2.53. The van der Waals surface area contributed by atoms with Crippen molar-refractivity contribution < 1.29 is 18.0 Å². The zero-order valence-corrected chi connectivity index (χ0v) is 14.2. The Morgan fingerprint density at radius 2 is 1.78 bits per heavy atom. The minimum absolute atomic E-state index is 0.0109. The molecule has 0 spiro atoms. The van der Waals surface area contributed by atoms with Crippen LogP contribution >= 0.6 is 11.6 Å². The van der Waals surface area contributed by atoms with Gasteiger partial charge in [0.2, 0.25) is 15.9 Å². The second kappa shape index (κ2) is 7.29. The number of carbonyl (C=O) groups excluding carboxylic acids is 2. The third-order valence-electron chi connectivity index (χ3n) is 3.49. The summed E-state index contributed by atoms with van der Waals surface area (Å²) in [4.78, 5) is 22.9. The summed E-state index contributed by atoms with van der Waals surface area (Å²) in [6, 6.07) is 3.96. The first-order valence-corrected chi connectivity index (χ1v) is 9.01. The molecule has 1 fully saturated rings. The molecule has 1 aliphatic rings. The van der Waals surface area contributed by atoms with E-state index in [0.29, 0.717) is 13.1 Å². The van der Waals surface area contributed by atoms with Crippen LogP contribution in [0.1, 0.15) is 36.5 Å². The first kappa shape index (κ1) is 17.7. The molecule has 9 heteroatoms. The van der Waals surface area contributed by atoms with E-state index < -0.39 is 21.8 Å². The van der Waals surface area contributed by atoms with E-state index in [1.165, 1.54) is 29.4 Å². The molecule has 0 bridgehead atoms. The predicted octanol–water partition coefficient (Wildman–Crippen LogP) is 1.30. The molecule has 1 aromatic rings. The van der Waals surface area contributed by atoms with Gasteiger partial charge in [0.25, 0.3) is 5.91 Å². The second-order valence-corrected chi connectivity index (χ2v) is 7.59. The van der Waals surface area contributed by atoms with Crippen LogP contribution in [-0.2, 0) is 14.8 Å². The van der Waals surface area contributed by atoms with Gasteiger partial charge in [0.05, 0.1) is 15.5 Å². The zero-order valence-electron chi connectivity index (χ0n) is 12.6. The van der Waals surface area contributed by atoms with Crippen molar-refractivity contribution in [3.63, 3.8) is 0 Å². The number of hydrogen-bond donors (Lipinski definition) is 2. The molecule has 7 nitrogen and oxygen atoms in total. The van der Waals surface area contributed by atoms with Gasteiger partial charge in [-0.2, -0.15) is 4.31 Å². The fraction of sp³-hybridized carbons (Fsp3) is 0.429. The summed E-state index contributed by atoms with van der Waals surface area (Å²) in [7, 11) is -3.66. The summed E-state index contributed by atoms with van der Waals surface area (Å²) in [6.45, 7) is 2.18. The van der Waals surface area contributed by atoms with Crippen molar-refractivity contribution in [2.24, 2.45) is 0 Å². The Bertz CT molecular complexity index is 715. The number of benzene rings is 1. The van der Waals surface area contributed by atoms with Gasteiger partial charge in [-0.3, -0.25) is 20.4 Å². The van der Waals surface area contributed by atoms with Crippen molar-refractivity contribution in [1.82, 2.24) is 15.2 Å². The fourth-order valence-electron chi connectivity index (χ4n) is 2.31. The average molecular weight is 360 g/mol. The van der Waals surface area contributed by atoms with Gasteiger partial charge >= 0.3 is 0 Å². The van der Waals surface area contributed by atoms with Crippen LogP contribution in [-0.4, -0.2) is 37.6 Å². The van der Waals surface area contributed by atoms with Crippen LogP contribution in [0.2, 0.25) is 5.02 Å². The topological polar surface area (TPSA) is 95.6 Å². The highest BCUT2D eigenvalue weighted by Crippen LogP contribution is 2.25. The van der Waals surface area contributed by atoms with Gasteiger partial charge in [0.15, 0.2) is 0 Å². The van der Waals surface area contributed by atoms with Crippen LogP contribution in [0.15, 0.2) is 23.1 Å². The lowest BCUT2D eigenvalue weighted by atomic mass is 10.2. The fourth-order valence-corrected chi connectivity index (χ4v) is 4.05. The number of halogens is 1. The summed E-state index contributed by atoms with van der Waals surface area (Å²) in [5.74, 6) is -1.13. The van der Waals surface area contributed by atoms with Crippen LogP contribution in [0.4, 0.5) is 0 Å². The van der Waals surface area contributed by atoms with Crippen molar-refractivity contribution >= 4 is 33.4 Å². The SMILES string of the molecule is CC(=O)NNC(=O)c1cc(S(=O)(=O)N2CCCCC2)ccc1Cl. The van der Waals surface area contributed by atoms with E-state index in [-0.39, 0.29) is 15.5 Å². The van der Waals surface area contributed by atoms with E-state index in [1.54, 1.807) is 0 Å². The predicted molar refractivity (Wildman–Crippen MR) is 85.3 cm³/mol. The monoisotopic (exact) mass is 359 g/mol. The van der Waals surface area contributed by atoms with E-state index in [0.717, 1.165) is 19.3 Å². The third-order valence-corrected chi connectivity index (χ3v) is 5.71. The molecule has 2 amide bonds. The molecule has 23 heavy (non-hydrogen) atoms. The van der Waals surface area contributed by atoms with Gasteiger partial charge in [0, 0.05) is 20.0 Å². The maximum atomic E-state index is 12.6. The summed E-state index contributed by atoms with van der Waals surface area (Å²) < 4.78 is 26.7. The van der Waals surface area contributed by atoms with Gasteiger partial charge < -0.3 is 0 Å². The Balaban J connectivity index is 2.28. The molecule has 2 rings (SSSR count). The number of sulfonamides is 1. The summed E-state index contributed by atoms with van der Waals surface area (Å²) in [6.07, 6.45) is 2.66. The minimum Gasteiger partial charge on any atom is -0.274 e. The number of rotatable bonds is 3. The summed E-state index contributed by atoms with van der Waals surface area (Å²) >= 11 is 5.96. The number of nitrogens with zero attached hydrogens (tertiary/aromatic N) is 1. The number of hydrazine groups is 1. The number of nitrogens with one attached hydrogen (secondary N) is 2. The van der Waals surface area contributed by atoms with E-state index in [2.05, 4.69) is 10.9 Å². The number of piperidine rings is 1. The van der Waals surface area contributed by atoms with E-state index in [9.17, 15) is 18.0 Å². The van der Waals surface area contributed by atoms with Crippen molar-refractivity contribution in [1.29, 1.82) is 0 Å². The molecular formula is C14H18ClN3O4S. The Labute approximate surface area is 140 Å². The molecule has 2 N–H and O–H groups in total. The quantitative estimate of drug-likeness (QED) is 0.795. The maximum Gasteiger partial charge on any atom is 0.271 e.